The van der Waals surface area contributed by atoms with Crippen LogP contribution in [-0.4, -0.2) is 66.0 Å². The third kappa shape index (κ3) is 5.12. The molecule has 168 valence electrons. The maximum absolute atomic E-state index is 13.4. The van der Waals surface area contributed by atoms with E-state index in [1.54, 1.807) is 11.9 Å². The van der Waals surface area contributed by atoms with Crippen molar-refractivity contribution in [2.75, 3.05) is 49.7 Å². The van der Waals surface area contributed by atoms with E-state index in [2.05, 4.69) is 20.8 Å². The van der Waals surface area contributed by atoms with Crippen LogP contribution in [0.1, 0.15) is 15.9 Å². The number of thioether (sulfide) groups is 1. The number of nitrogens with zero attached hydrogens (tertiary/aromatic N) is 3. The molecular formula is C21H23N5O3S3. The Morgan fingerprint density at radius 3 is 2.59 bits per heavy atom. The van der Waals surface area contributed by atoms with Crippen molar-refractivity contribution in [2.45, 2.75) is 11.3 Å². The zero-order valence-corrected chi connectivity index (χ0v) is 20.2. The predicted octanol–water partition coefficient (Wildman–Crippen LogP) is 3.82. The lowest BCUT2D eigenvalue weighted by atomic mass is 10.1. The van der Waals surface area contributed by atoms with Crippen molar-refractivity contribution in [1.29, 1.82) is 0 Å². The molecule has 0 atom stereocenters. The number of amides is 2. The summed E-state index contributed by atoms with van der Waals surface area (Å²) in [7, 11) is 1.78. The maximum Gasteiger partial charge on any atom is 0.257 e. The van der Waals surface area contributed by atoms with Crippen LogP contribution < -0.4 is 10.6 Å². The summed E-state index contributed by atoms with van der Waals surface area (Å²) >= 11 is 4.14. The number of anilines is 2. The Morgan fingerprint density at radius 2 is 1.91 bits per heavy atom. The molecule has 0 radical (unpaired) electrons. The van der Waals surface area contributed by atoms with Crippen LogP contribution in [0, 0.1) is 6.92 Å². The molecule has 3 aromatic rings. The summed E-state index contributed by atoms with van der Waals surface area (Å²) in [4.78, 5) is 28.9. The van der Waals surface area contributed by atoms with Gasteiger partial charge in [0.2, 0.25) is 11.0 Å². The monoisotopic (exact) mass is 489 g/mol. The minimum absolute atomic E-state index is 0.0741. The summed E-state index contributed by atoms with van der Waals surface area (Å²) in [5, 5.41) is 15.2. The fourth-order valence-electron chi connectivity index (χ4n) is 3.31. The fraction of sp³-hybridized carbons (Fsp3) is 0.333. The van der Waals surface area contributed by atoms with Crippen LogP contribution >= 0.6 is 34.4 Å². The van der Waals surface area contributed by atoms with Crippen LogP contribution in [0.2, 0.25) is 0 Å². The average molecular weight is 490 g/mol. The summed E-state index contributed by atoms with van der Waals surface area (Å²) in [5.74, 6) is -0.0794. The van der Waals surface area contributed by atoms with Crippen molar-refractivity contribution in [3.8, 4) is 10.4 Å². The van der Waals surface area contributed by atoms with Crippen LogP contribution in [0.15, 0.2) is 34.7 Å². The molecule has 2 aromatic heterocycles. The second-order valence-corrected chi connectivity index (χ2v) is 10.2. The first-order valence-corrected chi connectivity index (χ1v) is 12.7. The molecule has 0 spiro atoms. The van der Waals surface area contributed by atoms with Crippen LogP contribution in [0.5, 0.6) is 0 Å². The van der Waals surface area contributed by atoms with Gasteiger partial charge < -0.3 is 20.3 Å². The lowest BCUT2D eigenvalue weighted by Gasteiger charge is -2.27. The van der Waals surface area contributed by atoms with Crippen molar-refractivity contribution in [3.05, 3.63) is 41.5 Å². The number of morpholine rings is 1. The first-order chi connectivity index (χ1) is 15.6. The van der Waals surface area contributed by atoms with Crippen molar-refractivity contribution < 1.29 is 14.3 Å². The molecule has 0 bridgehead atoms. The highest BCUT2D eigenvalue weighted by molar-refractivity contribution is 8.01. The molecule has 1 aliphatic rings. The summed E-state index contributed by atoms with van der Waals surface area (Å²) in [5.41, 5.74) is 2.46. The lowest BCUT2D eigenvalue weighted by molar-refractivity contribution is -0.113. The number of rotatable bonds is 7. The van der Waals surface area contributed by atoms with Gasteiger partial charge in [-0.05, 0) is 18.1 Å². The van der Waals surface area contributed by atoms with Crippen molar-refractivity contribution in [1.82, 2.24) is 15.1 Å². The number of carbonyl (C=O) groups is 2. The number of hydrogen-bond donors (Lipinski definition) is 2. The Labute approximate surface area is 198 Å². The second kappa shape index (κ2) is 10.4. The van der Waals surface area contributed by atoms with Gasteiger partial charge in [-0.25, -0.2) is 0 Å². The van der Waals surface area contributed by atoms with E-state index in [1.807, 2.05) is 37.3 Å². The van der Waals surface area contributed by atoms with Crippen LogP contribution in [0.3, 0.4) is 0 Å². The van der Waals surface area contributed by atoms with E-state index in [-0.39, 0.29) is 17.6 Å². The zero-order chi connectivity index (χ0) is 22.5. The molecule has 1 fully saturated rings. The van der Waals surface area contributed by atoms with E-state index in [9.17, 15) is 9.59 Å². The van der Waals surface area contributed by atoms with Crippen molar-refractivity contribution >= 4 is 56.4 Å². The van der Waals surface area contributed by atoms with Gasteiger partial charge in [-0.3, -0.25) is 9.59 Å². The quantitative estimate of drug-likeness (QED) is 0.487. The normalized spacial score (nSPS) is 13.8. The molecule has 1 aromatic carbocycles. The molecule has 0 unspecified atom stereocenters. The summed E-state index contributed by atoms with van der Waals surface area (Å²) < 4.78 is 6.10. The largest absolute Gasteiger partial charge is 0.378 e. The Balaban J connectivity index is 1.57. The number of carbonyl (C=O) groups excluding carboxylic acids is 2. The third-order valence-corrected chi connectivity index (χ3v) is 8.23. The van der Waals surface area contributed by atoms with Gasteiger partial charge in [0.05, 0.1) is 24.5 Å². The average Bonchev–Trinajstić information content (AvgIpc) is 3.42. The molecular weight excluding hydrogens is 466 g/mol. The molecule has 2 amide bonds. The number of benzene rings is 1. The smallest absolute Gasteiger partial charge is 0.257 e. The second-order valence-electron chi connectivity index (χ2n) is 6.99. The molecule has 0 aliphatic carbocycles. The van der Waals surface area contributed by atoms with E-state index in [4.69, 9.17) is 4.74 Å². The first-order valence-electron chi connectivity index (χ1n) is 10.1. The minimum Gasteiger partial charge on any atom is -0.378 e. The predicted molar refractivity (Wildman–Crippen MR) is 130 cm³/mol. The SMILES string of the molecule is CNc1nnc(SCC(=O)Nc2sc(-c3ccccc3)c(C)c2C(=O)N2CCOCC2)s1. The van der Waals surface area contributed by atoms with Crippen LogP contribution in [0.4, 0.5) is 10.1 Å². The molecule has 11 heteroatoms. The summed E-state index contributed by atoms with van der Waals surface area (Å²) in [6.07, 6.45) is 0. The Bertz CT molecular complexity index is 1090. The Hall–Kier alpha value is -2.47. The third-order valence-electron chi connectivity index (χ3n) is 4.89. The highest BCUT2D eigenvalue weighted by Crippen LogP contribution is 2.40. The number of ether oxygens (including phenoxy) is 1. The van der Waals surface area contributed by atoms with Crippen LogP contribution in [0.25, 0.3) is 10.4 Å². The van der Waals surface area contributed by atoms with Gasteiger partial charge in [0, 0.05) is 25.0 Å². The highest BCUT2D eigenvalue weighted by atomic mass is 32.2. The fourth-order valence-corrected chi connectivity index (χ4v) is 6.03. The van der Waals surface area contributed by atoms with E-state index in [0.717, 1.165) is 16.0 Å². The van der Waals surface area contributed by atoms with Gasteiger partial charge in [0.25, 0.3) is 5.91 Å². The van der Waals surface area contributed by atoms with Gasteiger partial charge in [-0.15, -0.1) is 21.5 Å². The molecule has 32 heavy (non-hydrogen) atoms. The highest BCUT2D eigenvalue weighted by Gasteiger charge is 2.28. The Kier molecular flexibility index (Phi) is 7.40. The van der Waals surface area contributed by atoms with Gasteiger partial charge in [0.1, 0.15) is 5.00 Å². The molecule has 2 N–H and O–H groups in total. The van der Waals surface area contributed by atoms with Gasteiger partial charge >= 0.3 is 0 Å². The molecule has 8 nitrogen and oxygen atoms in total. The molecule has 3 heterocycles. The van der Waals surface area contributed by atoms with E-state index in [0.29, 0.717) is 46.3 Å². The van der Waals surface area contributed by atoms with E-state index in [1.165, 1.54) is 34.4 Å². The number of aromatic nitrogens is 2. The molecule has 0 saturated carbocycles. The van der Waals surface area contributed by atoms with Crippen molar-refractivity contribution in [2.24, 2.45) is 0 Å². The summed E-state index contributed by atoms with van der Waals surface area (Å²) in [6, 6.07) is 9.91. The summed E-state index contributed by atoms with van der Waals surface area (Å²) in [6.45, 7) is 4.08. The Morgan fingerprint density at radius 1 is 1.16 bits per heavy atom. The van der Waals surface area contributed by atoms with Crippen LogP contribution in [-0.2, 0) is 9.53 Å². The van der Waals surface area contributed by atoms with Gasteiger partial charge in [-0.2, -0.15) is 0 Å². The standard InChI is InChI=1S/C21H23N5O3S3/c1-13-16(19(28)26-8-10-29-11-9-26)18(31-17(13)14-6-4-3-5-7-14)23-15(27)12-30-21-25-24-20(22-2)32-21/h3-7H,8-12H2,1-2H3,(H,22,24)(H,23,27). The first kappa shape index (κ1) is 22.7. The number of thiophene rings is 1. The number of hydrogen-bond acceptors (Lipinski definition) is 9. The molecule has 4 rings (SSSR count). The molecule has 1 aliphatic heterocycles. The maximum atomic E-state index is 13.4. The topological polar surface area (TPSA) is 96.4 Å². The van der Waals surface area contributed by atoms with Crippen molar-refractivity contribution in [3.63, 3.8) is 0 Å². The van der Waals surface area contributed by atoms with E-state index < -0.39 is 0 Å². The van der Waals surface area contributed by atoms with E-state index >= 15 is 0 Å². The van der Waals surface area contributed by atoms with Gasteiger partial charge in [-0.1, -0.05) is 53.4 Å². The minimum atomic E-state index is -0.187. The number of nitrogens with one attached hydrogen (secondary N) is 2. The lowest BCUT2D eigenvalue weighted by Crippen LogP contribution is -2.41. The molecule has 1 saturated heterocycles. The van der Waals surface area contributed by atoms with Gasteiger partial charge in [0.15, 0.2) is 4.34 Å². The zero-order valence-electron chi connectivity index (χ0n) is 17.7.